The molecular weight excluding hydrogens is 1220 g/mol. The number of hydrogen-bond acceptors (Lipinski definition) is 14. The van der Waals surface area contributed by atoms with Gasteiger partial charge in [0.05, 0.1) is 43.8 Å². The topological polar surface area (TPSA) is 264 Å². The van der Waals surface area contributed by atoms with Crippen molar-refractivity contribution in [2.45, 2.75) is 135 Å². The summed E-state index contributed by atoms with van der Waals surface area (Å²) >= 11 is 11.7. The molecule has 3 unspecified atom stereocenters. The van der Waals surface area contributed by atoms with Crippen LogP contribution in [0, 0.1) is 17.8 Å². The summed E-state index contributed by atoms with van der Waals surface area (Å²) in [6.07, 6.45) is 14.7. The van der Waals surface area contributed by atoms with Gasteiger partial charge in [-0.2, -0.15) is 0 Å². The molecule has 4 aromatic carbocycles. The van der Waals surface area contributed by atoms with E-state index in [1.165, 1.54) is 0 Å². The summed E-state index contributed by atoms with van der Waals surface area (Å²) in [6.45, 7) is 6.52. The van der Waals surface area contributed by atoms with Gasteiger partial charge in [-0.25, -0.2) is 4.98 Å². The molecule has 92 heavy (non-hydrogen) atoms. The van der Waals surface area contributed by atoms with E-state index in [1.54, 1.807) is 51.2 Å². The van der Waals surface area contributed by atoms with Gasteiger partial charge in [-0.1, -0.05) is 169 Å². The minimum atomic E-state index is -0.596. The fraction of sp³-hybridized carbons (Fsp3) is 0.380. The highest BCUT2D eigenvalue weighted by Crippen LogP contribution is 2.24. The highest BCUT2D eigenvalue weighted by atomic mass is 35.5. The number of nitrogens with zero attached hydrogens (tertiary/aromatic N) is 1. The standard InChI is InChI=1S/C25H27ClN2O4.C24H26ClN3O4.C22H29NO5/c26-21-13-11-18(12-14-21)16-27-23(29)15-20-9-5-2-6-10-24(30)32-22(17-28-25(20)31)19-7-3-1-4-8-19;25-21-12-11-17(14-26-21)15-27-22(29)13-19-9-5-2-6-10-23(30)32-20(16-28-24(19)31)18-7-3-1-4-8-18;1-22(2,3)28-20(25)14-17-12-8-5-9-13-19(24)27-18(15-23-21(17)26)16-10-6-4-7-11-16/h1-5,7-8,11-14,20,22H,6,9-10,15-17H2,(H,27,29)(H,28,31);1-5,7-8,11-12,14,19-20H,6,9-10,13,15-16H2,(H,27,29)(H,28,31);4-8,10-11,17-18H,9,12-15H2,1-3H3,(H,23,26)/b2*5-2+;8-5+/t20-,22?;19-,20?;17-,18?/m000/s1. The fourth-order valence-corrected chi connectivity index (χ4v) is 9.87. The van der Waals surface area contributed by atoms with Crippen LogP contribution in [0.1, 0.15) is 144 Å². The quantitative estimate of drug-likeness (QED) is 0.0318. The Morgan fingerprint density at radius 1 is 0.489 bits per heavy atom. The molecule has 3 aliphatic heterocycles. The van der Waals surface area contributed by atoms with Crippen LogP contribution in [0.2, 0.25) is 10.2 Å². The monoisotopic (exact) mass is 1300 g/mol. The Kier molecular flexibility index (Phi) is 30.3. The Labute approximate surface area is 547 Å². The molecule has 19 nitrogen and oxygen atoms in total. The molecule has 5 aromatic rings. The van der Waals surface area contributed by atoms with Crippen molar-refractivity contribution in [2.75, 3.05) is 19.6 Å². The molecule has 0 saturated heterocycles. The van der Waals surface area contributed by atoms with Gasteiger partial charge in [-0.3, -0.25) is 43.2 Å². The van der Waals surface area contributed by atoms with Gasteiger partial charge in [-0.05, 0) is 105 Å². The van der Waals surface area contributed by atoms with Crippen LogP contribution in [-0.4, -0.2) is 83.6 Å². The number of nitrogens with one attached hydrogen (secondary N) is 5. The number of cyclic esters (lactones) is 3. The van der Waals surface area contributed by atoms with Crippen molar-refractivity contribution in [3.8, 4) is 0 Å². The lowest BCUT2D eigenvalue weighted by Crippen LogP contribution is -2.37. The van der Waals surface area contributed by atoms with Gasteiger partial charge >= 0.3 is 23.9 Å². The number of hydrogen-bond donors (Lipinski definition) is 5. The Bertz CT molecular complexity index is 3130. The van der Waals surface area contributed by atoms with E-state index in [1.807, 2.05) is 140 Å². The molecule has 0 aliphatic carbocycles. The van der Waals surface area contributed by atoms with Gasteiger partial charge in [0.2, 0.25) is 29.5 Å². The van der Waals surface area contributed by atoms with Gasteiger partial charge in [0, 0.05) is 56.4 Å². The van der Waals surface area contributed by atoms with Gasteiger partial charge in [0.1, 0.15) is 29.1 Å². The predicted molar refractivity (Wildman–Crippen MR) is 348 cm³/mol. The maximum atomic E-state index is 12.9. The zero-order chi connectivity index (χ0) is 66.1. The number of ether oxygens (including phenoxy) is 4. The number of benzene rings is 4. The molecule has 3 aliphatic rings. The normalized spacial score (nSPS) is 21.4. The number of aromatic nitrogens is 1. The molecule has 5 amide bonds. The second-order valence-electron chi connectivity index (χ2n) is 23.1. The van der Waals surface area contributed by atoms with Crippen LogP contribution >= 0.6 is 23.2 Å². The maximum Gasteiger partial charge on any atom is 0.307 e. The van der Waals surface area contributed by atoms with Crippen molar-refractivity contribution in [1.82, 2.24) is 31.6 Å². The lowest BCUT2D eigenvalue weighted by atomic mass is 9.98. The number of allylic oxidation sites excluding steroid dienone is 6. The zero-order valence-electron chi connectivity index (χ0n) is 52.2. The number of carbonyl (C=O) groups excluding carboxylic acids is 9. The number of pyridine rings is 1. The second kappa shape index (κ2) is 38.7. The Morgan fingerprint density at radius 2 is 0.848 bits per heavy atom. The van der Waals surface area contributed by atoms with Gasteiger partial charge in [0.15, 0.2) is 0 Å². The predicted octanol–water partition coefficient (Wildman–Crippen LogP) is 11.1. The number of esters is 4. The average Bonchev–Trinajstić information content (AvgIpc) is 3.58. The van der Waals surface area contributed by atoms with Gasteiger partial charge in [0.25, 0.3) is 0 Å². The van der Waals surface area contributed by atoms with E-state index in [9.17, 15) is 43.2 Å². The summed E-state index contributed by atoms with van der Waals surface area (Å²) in [7, 11) is 0. The minimum absolute atomic E-state index is 0.00321. The third-order valence-electron chi connectivity index (χ3n) is 14.5. The first-order chi connectivity index (χ1) is 44.3. The van der Waals surface area contributed by atoms with E-state index in [-0.39, 0.29) is 106 Å². The molecular formula is C71H82Cl2N6O13. The number of carbonyl (C=O) groups is 9. The highest BCUT2D eigenvalue weighted by molar-refractivity contribution is 6.30. The number of rotatable bonds is 13. The van der Waals surface area contributed by atoms with Crippen molar-refractivity contribution >= 4 is 76.6 Å². The summed E-state index contributed by atoms with van der Waals surface area (Å²) in [4.78, 5) is 116. The van der Waals surface area contributed by atoms with Crippen LogP contribution in [0.25, 0.3) is 0 Å². The Balaban J connectivity index is 0.000000220. The van der Waals surface area contributed by atoms with Crippen LogP contribution in [0.3, 0.4) is 0 Å². The molecule has 6 atom stereocenters. The molecule has 8 rings (SSSR count). The van der Waals surface area contributed by atoms with Crippen LogP contribution in [-0.2, 0) is 75.2 Å². The molecule has 4 heterocycles. The zero-order valence-corrected chi connectivity index (χ0v) is 53.7. The third-order valence-corrected chi connectivity index (χ3v) is 15.0. The molecule has 21 heteroatoms. The number of halogens is 2. The first-order valence-corrected chi connectivity index (χ1v) is 31.6. The lowest BCUT2D eigenvalue weighted by Gasteiger charge is -2.23. The number of amides is 5. The average molecular weight is 1300 g/mol. The summed E-state index contributed by atoms with van der Waals surface area (Å²) in [5.41, 5.74) is 3.58. The van der Waals surface area contributed by atoms with Crippen LogP contribution < -0.4 is 26.6 Å². The highest BCUT2D eigenvalue weighted by Gasteiger charge is 2.29. The third kappa shape index (κ3) is 27.7. The van der Waals surface area contributed by atoms with Crippen molar-refractivity contribution in [2.24, 2.45) is 17.8 Å². The van der Waals surface area contributed by atoms with E-state index < -0.39 is 47.6 Å². The van der Waals surface area contributed by atoms with E-state index in [4.69, 9.17) is 42.1 Å². The lowest BCUT2D eigenvalue weighted by molar-refractivity contribution is -0.157. The van der Waals surface area contributed by atoms with Crippen LogP contribution in [0.5, 0.6) is 0 Å². The van der Waals surface area contributed by atoms with E-state index in [0.29, 0.717) is 61.8 Å². The van der Waals surface area contributed by atoms with Crippen molar-refractivity contribution in [1.29, 1.82) is 0 Å². The summed E-state index contributed by atoms with van der Waals surface area (Å²) in [5.74, 6) is -4.09. The molecule has 0 fully saturated rings. The summed E-state index contributed by atoms with van der Waals surface area (Å²) in [6, 6.07) is 38.6. The first kappa shape index (κ1) is 72.1. The summed E-state index contributed by atoms with van der Waals surface area (Å²) in [5, 5.41) is 15.2. The molecule has 1 aromatic heterocycles. The van der Waals surface area contributed by atoms with Crippen molar-refractivity contribution in [3.63, 3.8) is 0 Å². The Hall–Kier alpha value is -8.94. The first-order valence-electron chi connectivity index (χ1n) is 30.9. The molecule has 488 valence electrons. The molecule has 0 bridgehead atoms. The maximum absolute atomic E-state index is 12.9. The molecule has 0 radical (unpaired) electrons. The SMILES string of the molecule is CC(C)(C)OC(=O)C[C@@H]1C/C=C/CCC(=O)OC(c2ccccc2)CNC1=O.O=C(C[C@@H]1C/C=C/CCC(=O)OC(c2ccccc2)CNC1=O)NCc1ccc(Cl)cc1.O=C(C[C@@H]1C/C=C/CCC(=O)OC(c2ccccc2)CNC1=O)NCc1ccc(Cl)nc1. The van der Waals surface area contributed by atoms with Crippen molar-refractivity contribution < 1.29 is 62.1 Å². The van der Waals surface area contributed by atoms with Gasteiger partial charge < -0.3 is 45.5 Å². The van der Waals surface area contributed by atoms with Gasteiger partial charge in [-0.15, -0.1) is 0 Å². The van der Waals surface area contributed by atoms with Crippen LogP contribution in [0.4, 0.5) is 0 Å². The van der Waals surface area contributed by atoms with Crippen molar-refractivity contribution in [3.05, 3.63) is 208 Å². The Morgan fingerprint density at radius 3 is 1.21 bits per heavy atom. The fourth-order valence-electron chi connectivity index (χ4n) is 9.63. The molecule has 5 N–H and O–H groups in total. The smallest absolute Gasteiger partial charge is 0.307 e. The molecule has 0 saturated carbocycles. The molecule has 0 spiro atoms. The van der Waals surface area contributed by atoms with E-state index in [2.05, 4.69) is 31.6 Å². The minimum Gasteiger partial charge on any atom is -0.460 e. The summed E-state index contributed by atoms with van der Waals surface area (Å²) < 4.78 is 22.1. The van der Waals surface area contributed by atoms with Crippen LogP contribution in [0.15, 0.2) is 170 Å². The van der Waals surface area contributed by atoms with E-state index in [0.717, 1.165) is 27.8 Å². The second-order valence-corrected chi connectivity index (χ2v) is 23.9. The largest absolute Gasteiger partial charge is 0.460 e. The van der Waals surface area contributed by atoms with E-state index >= 15 is 0 Å².